The predicted octanol–water partition coefficient (Wildman–Crippen LogP) is 3.62. The minimum atomic E-state index is -0.547. The van der Waals surface area contributed by atoms with Gasteiger partial charge in [0.25, 0.3) is 17.7 Å². The van der Waals surface area contributed by atoms with E-state index < -0.39 is 11.8 Å². The van der Waals surface area contributed by atoms with E-state index in [0.717, 1.165) is 9.78 Å². The van der Waals surface area contributed by atoms with Crippen molar-refractivity contribution in [2.45, 2.75) is 13.8 Å². The van der Waals surface area contributed by atoms with Crippen LogP contribution in [0.3, 0.4) is 0 Å². The second-order valence-corrected chi connectivity index (χ2v) is 7.66. The van der Waals surface area contributed by atoms with E-state index in [-0.39, 0.29) is 12.1 Å². The Labute approximate surface area is 161 Å². The van der Waals surface area contributed by atoms with Crippen molar-refractivity contribution in [2.75, 3.05) is 6.54 Å². The van der Waals surface area contributed by atoms with Gasteiger partial charge in [0, 0.05) is 34.6 Å². The maximum atomic E-state index is 12.7. The minimum absolute atomic E-state index is 0.00729. The fourth-order valence-corrected chi connectivity index (χ4v) is 4.26. The molecular weight excluding hydrogens is 384 g/mol. The summed E-state index contributed by atoms with van der Waals surface area (Å²) in [6.45, 7) is 3.52. The van der Waals surface area contributed by atoms with Crippen molar-refractivity contribution >= 4 is 51.0 Å². The molecule has 9 heteroatoms. The number of nitrogens with zero attached hydrogens (tertiary/aromatic N) is 4. The lowest BCUT2D eigenvalue weighted by Gasteiger charge is -2.26. The number of amides is 2. The molecule has 2 amide bonds. The Morgan fingerprint density at radius 2 is 2.19 bits per heavy atom. The number of carbonyl (C=O) groups excluding carboxylic acids is 2. The molecule has 7 nitrogen and oxygen atoms in total. The van der Waals surface area contributed by atoms with Crippen molar-refractivity contribution in [1.82, 2.24) is 14.9 Å². The van der Waals surface area contributed by atoms with Crippen LogP contribution in [0.15, 0.2) is 38.8 Å². The van der Waals surface area contributed by atoms with Gasteiger partial charge >= 0.3 is 0 Å². The largest absolute Gasteiger partial charge is 0.433 e. The van der Waals surface area contributed by atoms with Gasteiger partial charge in [0.15, 0.2) is 15.4 Å². The average Bonchev–Trinajstić information content (AvgIpc) is 3.35. The summed E-state index contributed by atoms with van der Waals surface area (Å²) >= 11 is 2.81. The second kappa shape index (κ2) is 6.57. The fourth-order valence-electron chi connectivity index (χ4n) is 2.80. The zero-order chi connectivity index (χ0) is 19.1. The number of imide groups is 1. The van der Waals surface area contributed by atoms with Crippen molar-refractivity contribution < 1.29 is 14.0 Å². The monoisotopic (exact) mass is 396 g/mol. The van der Waals surface area contributed by atoms with E-state index in [1.54, 1.807) is 32.2 Å². The van der Waals surface area contributed by atoms with Gasteiger partial charge in [-0.05, 0) is 25.5 Å². The van der Waals surface area contributed by atoms with Crippen LogP contribution in [0.1, 0.15) is 18.7 Å². The van der Waals surface area contributed by atoms with Gasteiger partial charge in [-0.2, -0.15) is 10.2 Å². The van der Waals surface area contributed by atoms with E-state index in [9.17, 15) is 14.9 Å². The molecule has 0 aromatic carbocycles. The number of hydrogen-bond acceptors (Lipinski definition) is 8. The zero-order valence-electron chi connectivity index (χ0n) is 14.3. The van der Waals surface area contributed by atoms with E-state index in [1.807, 2.05) is 11.4 Å². The van der Waals surface area contributed by atoms with Crippen LogP contribution < -0.4 is 0 Å². The van der Waals surface area contributed by atoms with Crippen LogP contribution in [0.2, 0.25) is 0 Å². The number of oxazole rings is 1. The molecule has 4 rings (SSSR count). The van der Waals surface area contributed by atoms with E-state index in [1.165, 1.54) is 22.7 Å². The van der Waals surface area contributed by atoms with E-state index in [4.69, 9.17) is 4.42 Å². The molecule has 0 radical (unpaired) electrons. The van der Waals surface area contributed by atoms with Crippen molar-refractivity contribution in [3.8, 4) is 17.0 Å². The Bertz CT molecular complexity index is 1140. The Morgan fingerprint density at radius 3 is 2.81 bits per heavy atom. The van der Waals surface area contributed by atoms with Gasteiger partial charge in [-0.15, -0.1) is 22.7 Å². The fraction of sp³-hybridized carbons (Fsp3) is 0.167. The molecule has 0 saturated carbocycles. The van der Waals surface area contributed by atoms with Crippen LogP contribution >= 0.6 is 22.7 Å². The molecule has 0 aliphatic carbocycles. The molecule has 134 valence electrons. The van der Waals surface area contributed by atoms with Crippen LogP contribution in [0, 0.1) is 11.3 Å². The van der Waals surface area contributed by atoms with E-state index >= 15 is 0 Å². The molecule has 1 aliphatic rings. The highest BCUT2D eigenvalue weighted by molar-refractivity contribution is 7.19. The lowest BCUT2D eigenvalue weighted by atomic mass is 9.95. The summed E-state index contributed by atoms with van der Waals surface area (Å²) in [6.07, 6.45) is 3.36. The lowest BCUT2D eigenvalue weighted by Crippen LogP contribution is -2.42. The molecule has 0 atom stereocenters. The molecule has 0 unspecified atom stereocenters. The molecule has 3 aromatic heterocycles. The highest BCUT2D eigenvalue weighted by Gasteiger charge is 2.34. The lowest BCUT2D eigenvalue weighted by molar-refractivity contribution is -0.140. The van der Waals surface area contributed by atoms with Gasteiger partial charge in [-0.1, -0.05) is 0 Å². The third kappa shape index (κ3) is 2.79. The number of thiophene rings is 1. The van der Waals surface area contributed by atoms with Crippen LogP contribution in [0.25, 0.3) is 27.4 Å². The van der Waals surface area contributed by atoms with Gasteiger partial charge in [-0.3, -0.25) is 14.5 Å². The number of aromatic nitrogens is 2. The molecule has 4 heterocycles. The molecule has 0 N–H and O–H groups in total. The molecule has 27 heavy (non-hydrogen) atoms. The Hall–Kier alpha value is -3.09. The first-order valence-corrected chi connectivity index (χ1v) is 9.72. The minimum Gasteiger partial charge on any atom is -0.433 e. The van der Waals surface area contributed by atoms with Crippen LogP contribution in [0.5, 0.6) is 0 Å². The molecule has 3 aromatic rings. The number of hydrogen-bond donors (Lipinski definition) is 0. The number of nitriles is 1. The quantitative estimate of drug-likeness (QED) is 0.495. The Morgan fingerprint density at radius 1 is 1.37 bits per heavy atom. The number of carbonyl (C=O) groups is 2. The summed E-state index contributed by atoms with van der Waals surface area (Å²) in [5.41, 5.74) is 1.31. The predicted molar refractivity (Wildman–Crippen MR) is 102 cm³/mol. The smallest absolute Gasteiger partial charge is 0.271 e. The maximum absolute atomic E-state index is 12.7. The first kappa shape index (κ1) is 17.3. The summed E-state index contributed by atoms with van der Waals surface area (Å²) in [5.74, 6) is -0.486. The van der Waals surface area contributed by atoms with Crippen molar-refractivity contribution in [3.05, 3.63) is 39.2 Å². The standard InChI is InChI=1S/C18H12N4O3S2/c1-3-22-17(23)11(9(2)12(8-19)18(22)24)6-10-7-13-15(27-10)21-14(25-13)16-20-4-5-26-16/h4-7H,3H2,1-2H3/b11-6-. The summed E-state index contributed by atoms with van der Waals surface area (Å²) in [5, 5.41) is 11.8. The molecule has 0 spiro atoms. The zero-order valence-corrected chi connectivity index (χ0v) is 16.0. The van der Waals surface area contributed by atoms with Crippen LogP contribution in [0.4, 0.5) is 0 Å². The average molecular weight is 396 g/mol. The van der Waals surface area contributed by atoms with Crippen molar-refractivity contribution in [3.63, 3.8) is 0 Å². The summed E-state index contributed by atoms with van der Waals surface area (Å²) in [6, 6.07) is 3.70. The van der Waals surface area contributed by atoms with Crippen molar-refractivity contribution in [2.24, 2.45) is 0 Å². The number of fused-ring (bicyclic) bond motifs is 1. The van der Waals surface area contributed by atoms with Crippen LogP contribution in [-0.2, 0) is 9.59 Å². The third-order valence-corrected chi connectivity index (χ3v) is 5.87. The summed E-state index contributed by atoms with van der Waals surface area (Å²) < 4.78 is 5.74. The number of thiazole rings is 1. The number of rotatable bonds is 3. The van der Waals surface area contributed by atoms with Gasteiger partial charge in [-0.25, -0.2) is 4.98 Å². The number of likely N-dealkylation sites (N-methyl/N-ethyl adjacent to an activating group) is 1. The molecule has 1 aliphatic heterocycles. The summed E-state index contributed by atoms with van der Waals surface area (Å²) in [4.78, 5) is 36.0. The SMILES string of the molecule is CCN1C(=O)C(C#N)=C(C)/C(=C/c2cc3oc(-c4nccs4)nc3s2)C1=O. The Balaban J connectivity index is 1.77. The first-order valence-electron chi connectivity index (χ1n) is 8.03. The molecule has 0 fully saturated rings. The third-order valence-electron chi connectivity index (χ3n) is 4.15. The highest BCUT2D eigenvalue weighted by atomic mass is 32.1. The maximum Gasteiger partial charge on any atom is 0.271 e. The van der Waals surface area contributed by atoms with Gasteiger partial charge in [0.2, 0.25) is 0 Å². The molecule has 0 bridgehead atoms. The molecular formula is C18H12N4O3S2. The van der Waals surface area contributed by atoms with Gasteiger partial charge < -0.3 is 4.42 Å². The van der Waals surface area contributed by atoms with E-state index in [2.05, 4.69) is 9.97 Å². The van der Waals surface area contributed by atoms with Gasteiger partial charge in [0.05, 0.1) is 0 Å². The second-order valence-electron chi connectivity index (χ2n) is 5.70. The van der Waals surface area contributed by atoms with Crippen LogP contribution in [-0.4, -0.2) is 33.2 Å². The summed E-state index contributed by atoms with van der Waals surface area (Å²) in [7, 11) is 0. The Kier molecular flexibility index (Phi) is 4.22. The van der Waals surface area contributed by atoms with E-state index in [0.29, 0.717) is 32.5 Å². The first-order chi connectivity index (χ1) is 13.0. The molecule has 0 saturated heterocycles. The topological polar surface area (TPSA) is 100 Å². The van der Waals surface area contributed by atoms with Gasteiger partial charge in [0.1, 0.15) is 11.6 Å². The normalized spacial score (nSPS) is 16.6. The highest BCUT2D eigenvalue weighted by Crippen LogP contribution is 2.34. The van der Waals surface area contributed by atoms with Crippen molar-refractivity contribution in [1.29, 1.82) is 5.26 Å².